The topological polar surface area (TPSA) is 75.5 Å². The third-order valence-electron chi connectivity index (χ3n) is 4.93. The van der Waals surface area contributed by atoms with Gasteiger partial charge < -0.3 is 14.2 Å². The first kappa shape index (κ1) is 25.1. The van der Waals surface area contributed by atoms with Gasteiger partial charge in [0.1, 0.15) is 0 Å². The normalized spacial score (nSPS) is 11.5. The van der Waals surface area contributed by atoms with Crippen LogP contribution in [0.25, 0.3) is 5.82 Å². The van der Waals surface area contributed by atoms with Crippen LogP contribution in [0.1, 0.15) is 49.9 Å². The van der Waals surface area contributed by atoms with Gasteiger partial charge in [-0.1, -0.05) is 19.9 Å². The van der Waals surface area contributed by atoms with Gasteiger partial charge in [0, 0.05) is 19.3 Å². The van der Waals surface area contributed by atoms with E-state index in [2.05, 4.69) is 10.1 Å². The summed E-state index contributed by atoms with van der Waals surface area (Å²) in [5.74, 6) is 0.707. The fourth-order valence-corrected chi connectivity index (χ4v) is 3.41. The van der Waals surface area contributed by atoms with Crippen LogP contribution in [-0.2, 0) is 17.4 Å². The lowest BCUT2D eigenvalue weighted by atomic mass is 10.0. The fourth-order valence-electron chi connectivity index (χ4n) is 3.41. The molecule has 0 radical (unpaired) electrons. The number of esters is 1. The van der Waals surface area contributed by atoms with E-state index < -0.39 is 17.7 Å². The lowest BCUT2D eigenvalue weighted by Gasteiger charge is -2.14. The molecule has 10 heteroatoms. The number of rotatable bonds is 9. The molecule has 2 aromatic heterocycles. The molecule has 0 aliphatic heterocycles. The third-order valence-corrected chi connectivity index (χ3v) is 4.93. The molecular weight excluding hydrogens is 451 g/mol. The van der Waals surface area contributed by atoms with E-state index >= 15 is 0 Å². The summed E-state index contributed by atoms with van der Waals surface area (Å²) < 4.78 is 57.0. The van der Waals surface area contributed by atoms with E-state index in [1.807, 2.05) is 13.8 Å². The number of carbonyl (C=O) groups excluding carboxylic acids is 1. The van der Waals surface area contributed by atoms with Gasteiger partial charge in [-0.15, -0.1) is 0 Å². The molecule has 0 atom stereocenters. The first-order chi connectivity index (χ1) is 16.1. The molecule has 0 N–H and O–H groups in total. The Kier molecular flexibility index (Phi) is 7.80. The number of halogens is 3. The van der Waals surface area contributed by atoms with E-state index in [0.717, 1.165) is 29.6 Å². The quantitative estimate of drug-likeness (QED) is 0.235. The van der Waals surface area contributed by atoms with Crippen molar-refractivity contribution >= 4 is 5.97 Å². The summed E-state index contributed by atoms with van der Waals surface area (Å²) in [6.45, 7) is 5.52. The zero-order chi connectivity index (χ0) is 24.9. The minimum Gasteiger partial charge on any atom is -0.493 e. The van der Waals surface area contributed by atoms with Crippen LogP contribution in [0, 0.1) is 0 Å². The summed E-state index contributed by atoms with van der Waals surface area (Å²) in [6, 6.07) is 6.90. The summed E-state index contributed by atoms with van der Waals surface area (Å²) in [5.41, 5.74) is 0.879. The van der Waals surface area contributed by atoms with E-state index in [-0.39, 0.29) is 17.5 Å². The Morgan fingerprint density at radius 1 is 1.18 bits per heavy atom. The number of alkyl halides is 3. The summed E-state index contributed by atoms with van der Waals surface area (Å²) in [7, 11) is 1.49. The molecule has 0 saturated heterocycles. The molecule has 34 heavy (non-hydrogen) atoms. The fraction of sp³-hybridized carbons (Fsp3) is 0.375. The van der Waals surface area contributed by atoms with Crippen molar-refractivity contribution in [2.75, 3.05) is 13.7 Å². The number of hydrogen-bond donors (Lipinski definition) is 0. The minimum atomic E-state index is -4.46. The maximum Gasteiger partial charge on any atom is 0.416 e. The van der Waals surface area contributed by atoms with E-state index in [1.54, 1.807) is 24.4 Å². The molecule has 0 unspecified atom stereocenters. The number of methoxy groups -OCH3 is 1. The lowest BCUT2D eigenvalue weighted by Crippen LogP contribution is -2.07. The van der Waals surface area contributed by atoms with Crippen molar-refractivity contribution in [2.45, 2.75) is 45.7 Å². The molecule has 0 fully saturated rings. The number of aromatic nitrogens is 3. The van der Waals surface area contributed by atoms with Crippen LogP contribution >= 0.6 is 0 Å². The standard InChI is InChI=1S/C24H26F3N3O4/c1-15(2)22-17(14-30(29-22)21-13-18(10-11-28-21)24(25,26)27)7-6-12-33-23-19(32-4)8-5-9-20(23)34-16(3)31/h5,8-11,13-15H,6-7,12H2,1-4H3. The number of para-hydroxylation sites is 1. The van der Waals surface area contributed by atoms with Crippen LogP contribution in [0.2, 0.25) is 0 Å². The summed E-state index contributed by atoms with van der Waals surface area (Å²) in [4.78, 5) is 15.4. The van der Waals surface area contributed by atoms with Crippen LogP contribution in [0.3, 0.4) is 0 Å². The first-order valence-electron chi connectivity index (χ1n) is 10.7. The van der Waals surface area contributed by atoms with Crippen molar-refractivity contribution in [2.24, 2.45) is 0 Å². The maximum absolute atomic E-state index is 13.1. The van der Waals surface area contributed by atoms with Gasteiger partial charge in [0.15, 0.2) is 17.3 Å². The van der Waals surface area contributed by atoms with Crippen LogP contribution in [0.5, 0.6) is 17.2 Å². The van der Waals surface area contributed by atoms with E-state index in [0.29, 0.717) is 30.9 Å². The Bertz CT molecular complexity index is 1140. The highest BCUT2D eigenvalue weighted by Crippen LogP contribution is 2.37. The van der Waals surface area contributed by atoms with Gasteiger partial charge in [-0.25, -0.2) is 9.67 Å². The van der Waals surface area contributed by atoms with Crippen LogP contribution in [-0.4, -0.2) is 34.5 Å². The molecule has 0 aliphatic carbocycles. The number of aryl methyl sites for hydroxylation is 1. The van der Waals surface area contributed by atoms with Gasteiger partial charge in [0.25, 0.3) is 0 Å². The Labute approximate surface area is 195 Å². The predicted molar refractivity (Wildman–Crippen MR) is 119 cm³/mol. The molecule has 3 aromatic rings. The van der Waals surface area contributed by atoms with Crippen molar-refractivity contribution < 1.29 is 32.2 Å². The Morgan fingerprint density at radius 3 is 2.56 bits per heavy atom. The molecule has 182 valence electrons. The van der Waals surface area contributed by atoms with Crippen molar-refractivity contribution in [1.82, 2.24) is 14.8 Å². The van der Waals surface area contributed by atoms with Crippen molar-refractivity contribution in [3.63, 3.8) is 0 Å². The molecule has 0 saturated carbocycles. The number of pyridine rings is 1. The van der Waals surface area contributed by atoms with E-state index in [4.69, 9.17) is 14.2 Å². The van der Waals surface area contributed by atoms with Crippen LogP contribution < -0.4 is 14.2 Å². The van der Waals surface area contributed by atoms with Gasteiger partial charge in [-0.05, 0) is 48.6 Å². The molecule has 0 aliphatic rings. The Hall–Kier alpha value is -3.56. The Balaban J connectivity index is 1.74. The van der Waals surface area contributed by atoms with Gasteiger partial charge in [0.2, 0.25) is 5.75 Å². The number of carbonyl (C=O) groups is 1. The minimum absolute atomic E-state index is 0.0627. The molecule has 1 aromatic carbocycles. The molecule has 2 heterocycles. The summed E-state index contributed by atoms with van der Waals surface area (Å²) >= 11 is 0. The van der Waals surface area contributed by atoms with Crippen molar-refractivity contribution in [1.29, 1.82) is 0 Å². The number of benzene rings is 1. The largest absolute Gasteiger partial charge is 0.493 e. The van der Waals surface area contributed by atoms with E-state index in [9.17, 15) is 18.0 Å². The van der Waals surface area contributed by atoms with Crippen molar-refractivity contribution in [3.8, 4) is 23.1 Å². The first-order valence-corrected chi connectivity index (χ1v) is 10.7. The Morgan fingerprint density at radius 2 is 1.91 bits per heavy atom. The second-order valence-electron chi connectivity index (χ2n) is 7.87. The van der Waals surface area contributed by atoms with Crippen LogP contribution in [0.4, 0.5) is 13.2 Å². The van der Waals surface area contributed by atoms with Crippen molar-refractivity contribution in [3.05, 3.63) is 59.5 Å². The van der Waals surface area contributed by atoms with Gasteiger partial charge >= 0.3 is 12.1 Å². The highest BCUT2D eigenvalue weighted by atomic mass is 19.4. The average Bonchev–Trinajstić information content (AvgIpc) is 3.21. The van der Waals surface area contributed by atoms with Gasteiger partial charge in [0.05, 0.1) is 25.0 Å². The van der Waals surface area contributed by atoms with E-state index in [1.165, 1.54) is 18.7 Å². The second-order valence-corrected chi connectivity index (χ2v) is 7.87. The second kappa shape index (κ2) is 10.6. The SMILES string of the molecule is COc1cccc(OC(C)=O)c1OCCCc1cn(-c2cc(C(F)(F)F)ccn2)nc1C(C)C. The molecule has 0 amide bonds. The zero-order valence-electron chi connectivity index (χ0n) is 19.3. The highest BCUT2D eigenvalue weighted by molar-refractivity contribution is 5.71. The summed E-state index contributed by atoms with van der Waals surface area (Å²) in [6.07, 6.45) is -0.486. The van der Waals surface area contributed by atoms with Gasteiger partial charge in [-0.2, -0.15) is 18.3 Å². The molecular formula is C24H26F3N3O4. The average molecular weight is 477 g/mol. The van der Waals surface area contributed by atoms with Crippen LogP contribution in [0.15, 0.2) is 42.7 Å². The monoisotopic (exact) mass is 477 g/mol. The molecule has 0 spiro atoms. The molecule has 0 bridgehead atoms. The highest BCUT2D eigenvalue weighted by Gasteiger charge is 2.31. The zero-order valence-corrected chi connectivity index (χ0v) is 19.3. The molecule has 7 nitrogen and oxygen atoms in total. The van der Waals surface area contributed by atoms with Gasteiger partial charge in [-0.3, -0.25) is 4.79 Å². The summed E-state index contributed by atoms with van der Waals surface area (Å²) in [5, 5.41) is 4.48. The predicted octanol–water partition coefficient (Wildman–Crippen LogP) is 5.36. The number of ether oxygens (including phenoxy) is 3. The maximum atomic E-state index is 13.1. The number of nitrogens with zero attached hydrogens (tertiary/aromatic N) is 3. The smallest absolute Gasteiger partial charge is 0.416 e. The number of hydrogen-bond acceptors (Lipinski definition) is 6. The molecule has 3 rings (SSSR count). The third kappa shape index (κ3) is 6.06. The lowest BCUT2D eigenvalue weighted by molar-refractivity contribution is -0.137.